The number of phenols is 1. The number of aromatic hydroxyl groups is 1. The Bertz CT molecular complexity index is 375. The molecule has 2 N–H and O–H groups in total. The van der Waals surface area contributed by atoms with Crippen molar-refractivity contribution in [1.82, 2.24) is 0 Å². The topological polar surface area (TPSA) is 76.0 Å². The van der Waals surface area contributed by atoms with E-state index < -0.39 is 12.1 Å². The fraction of sp³-hybridized carbons (Fsp3) is 0.364. The molecule has 5 heteroatoms. The maximum atomic E-state index is 11.2. The van der Waals surface area contributed by atoms with Crippen molar-refractivity contribution in [2.24, 2.45) is 0 Å². The first-order valence-corrected chi connectivity index (χ1v) is 4.81. The number of hydrogen-bond donors (Lipinski definition) is 2. The minimum atomic E-state index is -1.48. The Hall–Kier alpha value is -1.75. The summed E-state index contributed by atoms with van der Waals surface area (Å²) < 4.78 is 9.52. The number of aliphatic hydroxyl groups excluding tert-OH is 1. The Balaban J connectivity index is 2.91. The summed E-state index contributed by atoms with van der Waals surface area (Å²) in [7, 11) is 1.45. The lowest BCUT2D eigenvalue weighted by Crippen LogP contribution is -2.15. The molecule has 16 heavy (non-hydrogen) atoms. The van der Waals surface area contributed by atoms with E-state index in [1.54, 1.807) is 6.92 Å². The number of esters is 1. The van der Waals surface area contributed by atoms with E-state index in [0.717, 1.165) is 0 Å². The minimum absolute atomic E-state index is 0.0965. The highest BCUT2D eigenvalue weighted by molar-refractivity contribution is 5.77. The molecule has 0 radical (unpaired) electrons. The lowest BCUT2D eigenvalue weighted by molar-refractivity contribution is -0.153. The highest BCUT2D eigenvalue weighted by atomic mass is 16.5. The van der Waals surface area contributed by atoms with E-state index in [9.17, 15) is 15.0 Å². The van der Waals surface area contributed by atoms with Gasteiger partial charge in [0, 0.05) is 11.6 Å². The average Bonchev–Trinajstić information content (AvgIpc) is 2.28. The molecule has 1 atom stereocenters. The molecule has 0 fully saturated rings. The molecule has 1 rings (SSSR count). The van der Waals surface area contributed by atoms with Crippen LogP contribution in [0.2, 0.25) is 0 Å². The zero-order valence-corrected chi connectivity index (χ0v) is 9.14. The van der Waals surface area contributed by atoms with Gasteiger partial charge in [0.2, 0.25) is 0 Å². The molecule has 0 bridgehead atoms. The lowest BCUT2D eigenvalue weighted by Gasteiger charge is -2.12. The van der Waals surface area contributed by atoms with Gasteiger partial charge in [-0.2, -0.15) is 0 Å². The van der Waals surface area contributed by atoms with Crippen molar-refractivity contribution in [3.8, 4) is 11.5 Å². The molecule has 0 aliphatic carbocycles. The largest absolute Gasteiger partial charge is 0.507 e. The quantitative estimate of drug-likeness (QED) is 0.749. The second-order valence-corrected chi connectivity index (χ2v) is 3.08. The van der Waals surface area contributed by atoms with Crippen LogP contribution < -0.4 is 4.74 Å². The number of phenolic OH excluding ortho intramolecular Hbond substituents is 1. The van der Waals surface area contributed by atoms with Gasteiger partial charge >= 0.3 is 5.97 Å². The predicted molar refractivity (Wildman–Crippen MR) is 56.3 cm³/mol. The number of ether oxygens (including phenoxy) is 2. The van der Waals surface area contributed by atoms with Crippen molar-refractivity contribution in [3.05, 3.63) is 23.8 Å². The van der Waals surface area contributed by atoms with Gasteiger partial charge in [-0.25, -0.2) is 4.79 Å². The van der Waals surface area contributed by atoms with Crippen molar-refractivity contribution in [2.45, 2.75) is 13.0 Å². The summed E-state index contributed by atoms with van der Waals surface area (Å²) in [6.07, 6.45) is -1.48. The molecule has 0 spiro atoms. The minimum Gasteiger partial charge on any atom is -0.507 e. The Morgan fingerprint density at radius 1 is 1.50 bits per heavy atom. The fourth-order valence-electron chi connectivity index (χ4n) is 1.23. The molecule has 5 nitrogen and oxygen atoms in total. The highest BCUT2D eigenvalue weighted by Crippen LogP contribution is 2.28. The van der Waals surface area contributed by atoms with Crippen molar-refractivity contribution in [3.63, 3.8) is 0 Å². The smallest absolute Gasteiger partial charge is 0.339 e. The molecule has 0 saturated heterocycles. The Morgan fingerprint density at radius 3 is 2.69 bits per heavy atom. The summed E-state index contributed by atoms with van der Waals surface area (Å²) >= 11 is 0. The lowest BCUT2D eigenvalue weighted by atomic mass is 10.1. The summed E-state index contributed by atoms with van der Waals surface area (Å²) in [5.41, 5.74) is 0.0965. The van der Waals surface area contributed by atoms with Crippen molar-refractivity contribution in [2.75, 3.05) is 13.7 Å². The van der Waals surface area contributed by atoms with Crippen molar-refractivity contribution < 1.29 is 24.5 Å². The molecule has 1 aromatic rings. The Labute approximate surface area is 93.2 Å². The van der Waals surface area contributed by atoms with E-state index in [-0.39, 0.29) is 17.9 Å². The zero-order chi connectivity index (χ0) is 12.1. The molecule has 0 aliphatic rings. The average molecular weight is 226 g/mol. The summed E-state index contributed by atoms with van der Waals surface area (Å²) in [6.45, 7) is 1.81. The second kappa shape index (κ2) is 5.37. The van der Waals surface area contributed by atoms with E-state index in [0.29, 0.717) is 5.75 Å². The van der Waals surface area contributed by atoms with Crippen LogP contribution in [0, 0.1) is 0 Å². The number of rotatable bonds is 4. The SMILES string of the molecule is CCOC(=O)C(O)c1ccc(OC)cc1O. The number of methoxy groups -OCH3 is 1. The highest BCUT2D eigenvalue weighted by Gasteiger charge is 2.21. The maximum Gasteiger partial charge on any atom is 0.339 e. The van der Waals surface area contributed by atoms with Crippen LogP contribution in [0.3, 0.4) is 0 Å². The summed E-state index contributed by atoms with van der Waals surface area (Å²) in [4.78, 5) is 11.2. The van der Waals surface area contributed by atoms with E-state index in [1.165, 1.54) is 25.3 Å². The molecule has 88 valence electrons. The molecule has 1 aromatic carbocycles. The van der Waals surface area contributed by atoms with Gasteiger partial charge in [-0.05, 0) is 19.1 Å². The van der Waals surface area contributed by atoms with E-state index in [4.69, 9.17) is 4.74 Å². The van der Waals surface area contributed by atoms with Crippen LogP contribution in [0.25, 0.3) is 0 Å². The van der Waals surface area contributed by atoms with Crippen LogP contribution in [0.15, 0.2) is 18.2 Å². The number of benzene rings is 1. The number of carbonyl (C=O) groups is 1. The molecule has 0 amide bonds. The van der Waals surface area contributed by atoms with E-state index in [1.807, 2.05) is 0 Å². The predicted octanol–water partition coefficient (Wildman–Crippen LogP) is 0.997. The van der Waals surface area contributed by atoms with Gasteiger partial charge in [0.15, 0.2) is 6.10 Å². The molecule has 0 heterocycles. The first-order valence-electron chi connectivity index (χ1n) is 4.81. The van der Waals surface area contributed by atoms with Gasteiger partial charge < -0.3 is 19.7 Å². The maximum absolute atomic E-state index is 11.2. The van der Waals surface area contributed by atoms with Gasteiger partial charge in [0.05, 0.1) is 13.7 Å². The Kier molecular flexibility index (Phi) is 4.13. The second-order valence-electron chi connectivity index (χ2n) is 3.08. The van der Waals surface area contributed by atoms with Crippen LogP contribution in [0.1, 0.15) is 18.6 Å². The third-order valence-electron chi connectivity index (χ3n) is 2.04. The van der Waals surface area contributed by atoms with Crippen molar-refractivity contribution in [1.29, 1.82) is 0 Å². The fourth-order valence-corrected chi connectivity index (χ4v) is 1.23. The normalized spacial score (nSPS) is 11.9. The van der Waals surface area contributed by atoms with Crippen LogP contribution in [0.4, 0.5) is 0 Å². The first kappa shape index (κ1) is 12.3. The Morgan fingerprint density at radius 2 is 2.19 bits per heavy atom. The van der Waals surface area contributed by atoms with Crippen LogP contribution in [-0.4, -0.2) is 29.9 Å². The van der Waals surface area contributed by atoms with Gasteiger partial charge in [0.1, 0.15) is 11.5 Å². The zero-order valence-electron chi connectivity index (χ0n) is 9.14. The van der Waals surface area contributed by atoms with Crippen LogP contribution in [0.5, 0.6) is 11.5 Å². The summed E-state index contributed by atoms with van der Waals surface area (Å²) in [5.74, 6) is -0.555. The molecule has 0 aliphatic heterocycles. The molecular weight excluding hydrogens is 212 g/mol. The standard InChI is InChI=1S/C11H14O5/c1-3-16-11(14)10(13)8-5-4-7(15-2)6-9(8)12/h4-6,10,12-13H,3H2,1-2H3. The van der Waals surface area contributed by atoms with E-state index in [2.05, 4.69) is 4.74 Å². The molecular formula is C11H14O5. The monoisotopic (exact) mass is 226 g/mol. The number of carbonyl (C=O) groups excluding carboxylic acids is 1. The van der Waals surface area contributed by atoms with E-state index >= 15 is 0 Å². The van der Waals surface area contributed by atoms with Crippen LogP contribution in [-0.2, 0) is 9.53 Å². The molecule has 0 aromatic heterocycles. The van der Waals surface area contributed by atoms with Gasteiger partial charge in [-0.3, -0.25) is 0 Å². The third kappa shape index (κ3) is 2.64. The van der Waals surface area contributed by atoms with Gasteiger partial charge in [-0.15, -0.1) is 0 Å². The number of aliphatic hydroxyl groups is 1. The molecule has 0 saturated carbocycles. The summed E-state index contributed by atoms with van der Waals surface area (Å²) in [5, 5.41) is 19.2. The first-order chi connectivity index (χ1) is 7.60. The summed E-state index contributed by atoms with van der Waals surface area (Å²) in [6, 6.07) is 4.27. The third-order valence-corrected chi connectivity index (χ3v) is 2.04. The van der Waals surface area contributed by atoms with Gasteiger partial charge in [0.25, 0.3) is 0 Å². The number of hydrogen-bond acceptors (Lipinski definition) is 5. The van der Waals surface area contributed by atoms with Crippen LogP contribution >= 0.6 is 0 Å². The van der Waals surface area contributed by atoms with Crippen molar-refractivity contribution >= 4 is 5.97 Å². The molecule has 1 unspecified atom stereocenters. The van der Waals surface area contributed by atoms with Gasteiger partial charge in [-0.1, -0.05) is 0 Å².